The van der Waals surface area contributed by atoms with Gasteiger partial charge in [-0.25, -0.2) is 9.53 Å². The first-order chi connectivity index (χ1) is 17.5. The molecule has 1 aliphatic carbocycles. The lowest BCUT2D eigenvalue weighted by Crippen LogP contribution is -2.25. The van der Waals surface area contributed by atoms with Gasteiger partial charge in [-0.05, 0) is 79.6 Å². The lowest BCUT2D eigenvalue weighted by molar-refractivity contribution is 0.0985. The Labute approximate surface area is 212 Å². The SMILES string of the molecule is [C-]#[N+]c1cccc(-n2nc(C)cc2C(=O)Cc2cccc(C(NCC3CC3)c3ccccc3C)c2)c1. The maximum absolute atomic E-state index is 13.5. The van der Waals surface area contributed by atoms with Gasteiger partial charge < -0.3 is 5.32 Å². The van der Waals surface area contributed by atoms with Crippen molar-refractivity contribution in [3.05, 3.63) is 124 Å². The first-order valence-electron chi connectivity index (χ1n) is 12.5. The summed E-state index contributed by atoms with van der Waals surface area (Å²) in [4.78, 5) is 17.0. The summed E-state index contributed by atoms with van der Waals surface area (Å²) < 4.78 is 1.66. The third-order valence-corrected chi connectivity index (χ3v) is 6.78. The minimum atomic E-state index is -0.000605. The van der Waals surface area contributed by atoms with Crippen molar-refractivity contribution in [1.29, 1.82) is 0 Å². The van der Waals surface area contributed by atoms with E-state index in [9.17, 15) is 4.79 Å². The smallest absolute Gasteiger partial charge is 0.189 e. The van der Waals surface area contributed by atoms with Crippen molar-refractivity contribution < 1.29 is 4.79 Å². The van der Waals surface area contributed by atoms with E-state index in [0.717, 1.165) is 29.4 Å². The summed E-state index contributed by atoms with van der Waals surface area (Å²) in [6.07, 6.45) is 2.88. The Bertz CT molecular complexity index is 1440. The van der Waals surface area contributed by atoms with Crippen LogP contribution in [0.15, 0.2) is 78.9 Å². The third kappa shape index (κ3) is 5.30. The third-order valence-electron chi connectivity index (χ3n) is 6.78. The van der Waals surface area contributed by atoms with Crippen molar-refractivity contribution in [3.63, 3.8) is 0 Å². The second-order valence-corrected chi connectivity index (χ2v) is 9.70. The largest absolute Gasteiger partial charge is 0.306 e. The minimum Gasteiger partial charge on any atom is -0.306 e. The van der Waals surface area contributed by atoms with Crippen molar-refractivity contribution in [2.45, 2.75) is 39.2 Å². The van der Waals surface area contributed by atoms with E-state index in [2.05, 4.69) is 58.6 Å². The minimum absolute atomic E-state index is 0.000605. The molecule has 4 aromatic rings. The van der Waals surface area contributed by atoms with Gasteiger partial charge in [-0.2, -0.15) is 5.10 Å². The number of Topliss-reactive ketones (excluding diaryl/α,β-unsaturated/α-hetero) is 1. The van der Waals surface area contributed by atoms with Gasteiger partial charge >= 0.3 is 0 Å². The summed E-state index contributed by atoms with van der Waals surface area (Å²) in [7, 11) is 0. The summed E-state index contributed by atoms with van der Waals surface area (Å²) in [5.74, 6) is 0.769. The average Bonchev–Trinajstić information content (AvgIpc) is 3.64. The molecular weight excluding hydrogens is 444 g/mol. The van der Waals surface area contributed by atoms with E-state index in [1.165, 1.54) is 29.5 Å². The van der Waals surface area contributed by atoms with Crippen LogP contribution in [0.3, 0.4) is 0 Å². The number of carbonyl (C=O) groups is 1. The highest BCUT2D eigenvalue weighted by Gasteiger charge is 2.24. The normalized spacial score (nSPS) is 13.8. The predicted octanol–water partition coefficient (Wildman–Crippen LogP) is 6.55. The molecule has 0 radical (unpaired) electrons. The van der Waals surface area contributed by atoms with Crippen LogP contribution in [0.5, 0.6) is 0 Å². The van der Waals surface area contributed by atoms with Crippen LogP contribution in [-0.4, -0.2) is 22.1 Å². The Morgan fingerprint density at radius 3 is 2.64 bits per heavy atom. The van der Waals surface area contributed by atoms with Gasteiger partial charge in [-0.1, -0.05) is 60.7 Å². The van der Waals surface area contributed by atoms with Gasteiger partial charge in [-0.15, -0.1) is 0 Å². The van der Waals surface area contributed by atoms with E-state index >= 15 is 0 Å². The van der Waals surface area contributed by atoms with Crippen molar-refractivity contribution in [3.8, 4) is 5.69 Å². The number of hydrogen-bond donors (Lipinski definition) is 1. The number of rotatable bonds is 9. The monoisotopic (exact) mass is 474 g/mol. The lowest BCUT2D eigenvalue weighted by atomic mass is 9.93. The van der Waals surface area contributed by atoms with E-state index in [4.69, 9.17) is 6.57 Å². The number of hydrogen-bond acceptors (Lipinski definition) is 3. The van der Waals surface area contributed by atoms with Gasteiger partial charge in [-0.3, -0.25) is 4.79 Å². The fourth-order valence-electron chi connectivity index (χ4n) is 4.67. The topological polar surface area (TPSA) is 51.3 Å². The second kappa shape index (κ2) is 10.3. The van der Waals surface area contributed by atoms with E-state index in [0.29, 0.717) is 11.4 Å². The van der Waals surface area contributed by atoms with Gasteiger partial charge in [0.05, 0.1) is 24.0 Å². The fraction of sp³-hybridized carbons (Fsp3) is 0.258. The van der Waals surface area contributed by atoms with Crippen LogP contribution in [0.2, 0.25) is 0 Å². The molecule has 1 atom stereocenters. The van der Waals surface area contributed by atoms with Gasteiger partial charge in [0.25, 0.3) is 0 Å². The van der Waals surface area contributed by atoms with Crippen LogP contribution in [0, 0.1) is 26.3 Å². The molecule has 1 N–H and O–H groups in total. The zero-order valence-electron chi connectivity index (χ0n) is 20.7. The second-order valence-electron chi connectivity index (χ2n) is 9.70. The van der Waals surface area contributed by atoms with Crippen LogP contribution in [-0.2, 0) is 6.42 Å². The number of ketones is 1. The molecule has 0 bridgehead atoms. The number of nitrogens with one attached hydrogen (secondary N) is 1. The molecule has 0 spiro atoms. The maximum Gasteiger partial charge on any atom is 0.189 e. The zero-order chi connectivity index (χ0) is 25.1. The Hall–Kier alpha value is -4.01. The molecule has 5 rings (SSSR count). The highest BCUT2D eigenvalue weighted by molar-refractivity contribution is 5.96. The van der Waals surface area contributed by atoms with Crippen molar-refractivity contribution >= 4 is 11.5 Å². The molecular formula is C31H30N4O. The summed E-state index contributed by atoms with van der Waals surface area (Å²) in [6.45, 7) is 12.3. The Balaban J connectivity index is 1.42. The highest BCUT2D eigenvalue weighted by Crippen LogP contribution is 2.31. The molecule has 1 saturated carbocycles. The molecule has 36 heavy (non-hydrogen) atoms. The van der Waals surface area contributed by atoms with Gasteiger partial charge in [0.15, 0.2) is 11.5 Å². The highest BCUT2D eigenvalue weighted by atomic mass is 16.1. The number of aryl methyl sites for hydroxylation is 2. The first-order valence-corrected chi connectivity index (χ1v) is 12.5. The lowest BCUT2D eigenvalue weighted by Gasteiger charge is -2.22. The van der Waals surface area contributed by atoms with Crippen molar-refractivity contribution in [1.82, 2.24) is 15.1 Å². The molecule has 5 heteroatoms. The number of nitrogens with zero attached hydrogens (tertiary/aromatic N) is 3. The quantitative estimate of drug-likeness (QED) is 0.221. The van der Waals surface area contributed by atoms with Crippen LogP contribution < -0.4 is 5.32 Å². The van der Waals surface area contributed by atoms with E-state index in [1.807, 2.05) is 37.3 Å². The van der Waals surface area contributed by atoms with Gasteiger partial charge in [0.1, 0.15) is 5.69 Å². The van der Waals surface area contributed by atoms with Crippen LogP contribution in [0.1, 0.15) is 57.3 Å². The van der Waals surface area contributed by atoms with Crippen molar-refractivity contribution in [2.24, 2.45) is 5.92 Å². The van der Waals surface area contributed by atoms with Gasteiger partial charge in [0, 0.05) is 6.42 Å². The molecule has 0 saturated heterocycles. The molecule has 0 aliphatic heterocycles. The molecule has 1 unspecified atom stereocenters. The number of aromatic nitrogens is 2. The van der Waals surface area contributed by atoms with E-state index in [-0.39, 0.29) is 18.2 Å². The molecule has 5 nitrogen and oxygen atoms in total. The predicted molar refractivity (Wildman–Crippen MR) is 143 cm³/mol. The fourth-order valence-corrected chi connectivity index (χ4v) is 4.67. The van der Waals surface area contributed by atoms with Crippen LogP contribution in [0.25, 0.3) is 10.5 Å². The number of benzene rings is 3. The first kappa shape index (κ1) is 23.7. The van der Waals surface area contributed by atoms with Crippen molar-refractivity contribution in [2.75, 3.05) is 6.54 Å². The molecule has 1 aromatic heterocycles. The summed E-state index contributed by atoms with van der Waals surface area (Å²) in [5, 5.41) is 8.33. The Kier molecular flexibility index (Phi) is 6.79. The zero-order valence-corrected chi connectivity index (χ0v) is 20.7. The summed E-state index contributed by atoms with van der Waals surface area (Å²) >= 11 is 0. The molecule has 3 aromatic carbocycles. The molecule has 1 fully saturated rings. The van der Waals surface area contributed by atoms with Crippen LogP contribution in [0.4, 0.5) is 5.69 Å². The summed E-state index contributed by atoms with van der Waals surface area (Å²) in [5.41, 5.74) is 7.22. The summed E-state index contributed by atoms with van der Waals surface area (Å²) in [6, 6.07) is 26.0. The Morgan fingerprint density at radius 1 is 1.06 bits per heavy atom. The molecule has 0 amide bonds. The molecule has 1 heterocycles. The van der Waals surface area contributed by atoms with Gasteiger partial charge in [0.2, 0.25) is 0 Å². The Morgan fingerprint density at radius 2 is 1.86 bits per heavy atom. The molecule has 180 valence electrons. The molecule has 1 aliphatic rings. The standard InChI is InChI=1S/C31H30N4O/c1-21-8-4-5-13-28(21)31(33-20-23-14-15-23)25-10-6-9-24(17-25)18-30(36)29-16-22(2)34-35(29)27-12-7-11-26(19-27)32-3/h4-13,16-17,19,23,31,33H,14-15,18,20H2,1-2H3. The average molecular weight is 475 g/mol. The number of carbonyl (C=O) groups excluding carboxylic acids is 1. The van der Waals surface area contributed by atoms with E-state index in [1.54, 1.807) is 16.8 Å². The maximum atomic E-state index is 13.5. The van der Waals surface area contributed by atoms with E-state index < -0.39 is 0 Å². The van der Waals surface area contributed by atoms with Crippen LogP contribution >= 0.6 is 0 Å².